The number of nitrogens with two attached hydrogens (primary N) is 1. The fourth-order valence-corrected chi connectivity index (χ4v) is 1.63. The lowest BCUT2D eigenvalue weighted by molar-refractivity contribution is 0.000702. The summed E-state index contributed by atoms with van der Waals surface area (Å²) in [5, 5.41) is 0. The smallest absolute Gasteiger partial charge is 0.0590 e. The van der Waals surface area contributed by atoms with Gasteiger partial charge in [0.25, 0.3) is 0 Å². The van der Waals surface area contributed by atoms with Crippen molar-refractivity contribution in [2.45, 2.75) is 58.6 Å². The summed E-state index contributed by atoms with van der Waals surface area (Å²) in [5.74, 6) is 0. The van der Waals surface area contributed by atoms with Crippen LogP contribution in [0.15, 0.2) is 0 Å². The minimum Gasteiger partial charge on any atom is -0.378 e. The van der Waals surface area contributed by atoms with Gasteiger partial charge in [0.05, 0.1) is 6.10 Å². The van der Waals surface area contributed by atoms with E-state index >= 15 is 0 Å². The third kappa shape index (κ3) is 3.65. The van der Waals surface area contributed by atoms with Crippen molar-refractivity contribution in [3.05, 3.63) is 0 Å². The fourth-order valence-electron chi connectivity index (χ4n) is 1.63. The van der Waals surface area contributed by atoms with Crippen molar-refractivity contribution >= 4 is 0 Å². The fraction of sp³-hybridized carbons (Fsp3) is 1.00. The van der Waals surface area contributed by atoms with Gasteiger partial charge in [0, 0.05) is 12.6 Å². The Kier molecular flexibility index (Phi) is 3.74. The lowest BCUT2D eigenvalue weighted by atomic mass is 9.83. The molecule has 0 saturated carbocycles. The monoisotopic (exact) mass is 185 g/mol. The molecule has 1 heterocycles. The molecule has 2 N–H and O–H groups in total. The van der Waals surface area contributed by atoms with Gasteiger partial charge in [-0.2, -0.15) is 0 Å². The van der Waals surface area contributed by atoms with Crippen LogP contribution in [-0.2, 0) is 4.74 Å². The number of rotatable bonds is 2. The molecule has 0 radical (unpaired) electrons. The molecule has 78 valence electrons. The Balaban J connectivity index is 2.30. The first-order chi connectivity index (χ1) is 6.00. The molecule has 0 amide bonds. The van der Waals surface area contributed by atoms with Crippen LogP contribution in [-0.4, -0.2) is 18.8 Å². The van der Waals surface area contributed by atoms with E-state index in [9.17, 15) is 0 Å². The maximum Gasteiger partial charge on any atom is 0.0590 e. The number of hydrogen-bond donors (Lipinski definition) is 1. The molecule has 2 atom stereocenters. The van der Waals surface area contributed by atoms with Crippen LogP contribution in [0.25, 0.3) is 0 Å². The normalized spacial score (nSPS) is 27.2. The van der Waals surface area contributed by atoms with E-state index < -0.39 is 0 Å². The predicted molar refractivity (Wildman–Crippen MR) is 55.6 cm³/mol. The summed E-state index contributed by atoms with van der Waals surface area (Å²) < 4.78 is 5.66. The van der Waals surface area contributed by atoms with E-state index in [-0.39, 0.29) is 11.5 Å². The Morgan fingerprint density at radius 2 is 2.08 bits per heavy atom. The summed E-state index contributed by atoms with van der Waals surface area (Å²) >= 11 is 0. The van der Waals surface area contributed by atoms with Gasteiger partial charge in [0.2, 0.25) is 0 Å². The zero-order valence-electron chi connectivity index (χ0n) is 9.18. The Morgan fingerprint density at radius 3 is 2.54 bits per heavy atom. The molecule has 1 aliphatic heterocycles. The van der Waals surface area contributed by atoms with E-state index in [4.69, 9.17) is 10.5 Å². The lowest BCUT2D eigenvalue weighted by Gasteiger charge is -2.32. The minimum absolute atomic E-state index is 0.209. The van der Waals surface area contributed by atoms with Crippen molar-refractivity contribution in [1.82, 2.24) is 0 Å². The first-order valence-electron chi connectivity index (χ1n) is 5.37. The zero-order valence-corrected chi connectivity index (χ0v) is 9.18. The van der Waals surface area contributed by atoms with Crippen molar-refractivity contribution in [2.24, 2.45) is 11.1 Å². The molecule has 1 rings (SSSR count). The Labute approximate surface area is 81.8 Å². The highest BCUT2D eigenvalue weighted by molar-refractivity contribution is 4.80. The van der Waals surface area contributed by atoms with Gasteiger partial charge >= 0.3 is 0 Å². The average Bonchev–Trinajstić information content (AvgIpc) is 2.04. The number of hydrogen-bond acceptors (Lipinski definition) is 2. The highest BCUT2D eigenvalue weighted by Gasteiger charge is 2.25. The van der Waals surface area contributed by atoms with Gasteiger partial charge in [0.15, 0.2) is 0 Å². The molecule has 0 bridgehead atoms. The van der Waals surface area contributed by atoms with Gasteiger partial charge in [0.1, 0.15) is 0 Å². The molecule has 2 heteroatoms. The van der Waals surface area contributed by atoms with Gasteiger partial charge in [-0.3, -0.25) is 0 Å². The standard InChI is InChI=1S/C11H23NO/c1-11(2,3)10(12)8-9-6-4-5-7-13-9/h9-10H,4-8,12H2,1-3H3. The lowest BCUT2D eigenvalue weighted by Crippen LogP contribution is -2.39. The van der Waals surface area contributed by atoms with Gasteiger partial charge in [-0.05, 0) is 31.1 Å². The second-order valence-electron chi connectivity index (χ2n) is 5.20. The van der Waals surface area contributed by atoms with Crippen LogP contribution in [0.3, 0.4) is 0 Å². The van der Waals surface area contributed by atoms with E-state index in [0.717, 1.165) is 13.0 Å². The van der Waals surface area contributed by atoms with Crippen molar-refractivity contribution < 1.29 is 4.74 Å². The summed E-state index contributed by atoms with van der Waals surface area (Å²) in [6, 6.07) is 0.260. The summed E-state index contributed by atoms with van der Waals surface area (Å²) in [7, 11) is 0. The SMILES string of the molecule is CC(C)(C)C(N)CC1CCCCO1. The minimum atomic E-state index is 0.209. The Morgan fingerprint density at radius 1 is 1.38 bits per heavy atom. The van der Waals surface area contributed by atoms with Crippen molar-refractivity contribution in [1.29, 1.82) is 0 Å². The first kappa shape index (κ1) is 11.0. The van der Waals surface area contributed by atoms with Crippen molar-refractivity contribution in [2.75, 3.05) is 6.61 Å². The van der Waals surface area contributed by atoms with E-state index in [1.165, 1.54) is 19.3 Å². The molecule has 1 saturated heterocycles. The first-order valence-corrected chi connectivity index (χ1v) is 5.37. The molecular formula is C11H23NO. The molecule has 0 aromatic carbocycles. The predicted octanol–water partition coefficient (Wildman–Crippen LogP) is 2.32. The largest absolute Gasteiger partial charge is 0.378 e. The number of ether oxygens (including phenoxy) is 1. The highest BCUT2D eigenvalue weighted by Crippen LogP contribution is 2.25. The van der Waals surface area contributed by atoms with Gasteiger partial charge in [-0.1, -0.05) is 20.8 Å². The molecule has 0 aromatic rings. The molecule has 2 unspecified atom stereocenters. The van der Waals surface area contributed by atoms with Crippen LogP contribution in [0.1, 0.15) is 46.5 Å². The van der Waals surface area contributed by atoms with Crippen LogP contribution >= 0.6 is 0 Å². The molecule has 13 heavy (non-hydrogen) atoms. The van der Waals surface area contributed by atoms with E-state index in [0.29, 0.717) is 6.10 Å². The van der Waals surface area contributed by atoms with E-state index in [1.54, 1.807) is 0 Å². The molecule has 2 nitrogen and oxygen atoms in total. The zero-order chi connectivity index (χ0) is 9.90. The molecule has 1 fully saturated rings. The second kappa shape index (κ2) is 4.43. The summed E-state index contributed by atoms with van der Waals surface area (Å²) in [4.78, 5) is 0. The quantitative estimate of drug-likeness (QED) is 0.716. The third-order valence-electron chi connectivity index (χ3n) is 2.90. The van der Waals surface area contributed by atoms with Crippen molar-refractivity contribution in [3.63, 3.8) is 0 Å². The van der Waals surface area contributed by atoms with E-state index in [1.807, 2.05) is 0 Å². The van der Waals surface area contributed by atoms with Crippen LogP contribution < -0.4 is 5.73 Å². The molecule has 0 aliphatic carbocycles. The van der Waals surface area contributed by atoms with Gasteiger partial charge < -0.3 is 10.5 Å². The van der Waals surface area contributed by atoms with Crippen LogP contribution in [0.2, 0.25) is 0 Å². The molecule has 1 aliphatic rings. The summed E-state index contributed by atoms with van der Waals surface area (Å²) in [6.07, 6.45) is 5.17. The van der Waals surface area contributed by atoms with Crippen molar-refractivity contribution in [3.8, 4) is 0 Å². The highest BCUT2D eigenvalue weighted by atomic mass is 16.5. The van der Waals surface area contributed by atoms with E-state index in [2.05, 4.69) is 20.8 Å². The van der Waals surface area contributed by atoms with Crippen LogP contribution in [0.4, 0.5) is 0 Å². The van der Waals surface area contributed by atoms with Gasteiger partial charge in [-0.25, -0.2) is 0 Å². The maximum absolute atomic E-state index is 6.10. The second-order valence-corrected chi connectivity index (χ2v) is 5.20. The summed E-state index contributed by atoms with van der Waals surface area (Å²) in [6.45, 7) is 7.52. The Hall–Kier alpha value is -0.0800. The topological polar surface area (TPSA) is 35.2 Å². The van der Waals surface area contributed by atoms with Gasteiger partial charge in [-0.15, -0.1) is 0 Å². The molecule has 0 spiro atoms. The van der Waals surface area contributed by atoms with Crippen LogP contribution in [0, 0.1) is 5.41 Å². The Bertz CT molecular complexity index is 145. The third-order valence-corrected chi connectivity index (χ3v) is 2.90. The summed E-state index contributed by atoms with van der Waals surface area (Å²) in [5.41, 5.74) is 6.31. The maximum atomic E-state index is 6.10. The average molecular weight is 185 g/mol. The molecular weight excluding hydrogens is 162 g/mol. The van der Waals surface area contributed by atoms with Crippen LogP contribution in [0.5, 0.6) is 0 Å². The molecule has 0 aromatic heterocycles.